The first kappa shape index (κ1) is 25.1. The Balaban J connectivity index is 0.000000592. The number of nitrogens with zero attached hydrogens (tertiary/aromatic N) is 5. The largest absolute Gasteiger partial charge is 0.490 e. The van der Waals surface area contributed by atoms with Crippen LogP contribution in [0.25, 0.3) is 0 Å². The molecule has 0 saturated carbocycles. The first-order valence-electron chi connectivity index (χ1n) is 7.50. The number of nitrogens with two attached hydrogens (primary N) is 1. The smallest absolute Gasteiger partial charge is 0.475 e. The number of benzene rings is 1. The number of amidine groups is 1. The first-order valence-corrected chi connectivity index (χ1v) is 7.88. The van der Waals surface area contributed by atoms with E-state index in [1.165, 1.54) is 12.1 Å². The zero-order chi connectivity index (χ0) is 23.6. The molecule has 17 heteroatoms. The Labute approximate surface area is 174 Å². The highest BCUT2D eigenvalue weighted by Gasteiger charge is 2.38. The van der Waals surface area contributed by atoms with Gasteiger partial charge in [0.25, 0.3) is 0 Å². The van der Waals surface area contributed by atoms with Crippen molar-refractivity contribution in [3.63, 3.8) is 0 Å². The van der Waals surface area contributed by atoms with Crippen molar-refractivity contribution in [1.29, 1.82) is 5.26 Å². The number of hydrogen-bond donors (Lipinski definition) is 5. The van der Waals surface area contributed by atoms with E-state index in [-0.39, 0.29) is 40.4 Å². The van der Waals surface area contributed by atoms with Crippen LogP contribution >= 0.6 is 11.6 Å². The van der Waals surface area contributed by atoms with Crippen LogP contribution in [0.3, 0.4) is 0 Å². The van der Waals surface area contributed by atoms with Gasteiger partial charge in [-0.2, -0.15) is 18.4 Å². The van der Waals surface area contributed by atoms with Crippen molar-refractivity contribution < 1.29 is 37.3 Å². The maximum atomic E-state index is 13.2. The van der Waals surface area contributed by atoms with Crippen LogP contribution in [0.1, 0.15) is 11.4 Å². The number of carboxylic acid groups (broad SMARTS) is 1. The van der Waals surface area contributed by atoms with Gasteiger partial charge in [-0.15, -0.1) is 0 Å². The van der Waals surface area contributed by atoms with Crippen molar-refractivity contribution in [3.8, 4) is 6.19 Å². The van der Waals surface area contributed by atoms with Gasteiger partial charge in [0.05, 0.1) is 17.3 Å². The van der Waals surface area contributed by atoms with Gasteiger partial charge in [0.15, 0.2) is 17.7 Å². The summed E-state index contributed by atoms with van der Waals surface area (Å²) in [6, 6.07) is 3.73. The van der Waals surface area contributed by atoms with Crippen LogP contribution in [0.4, 0.5) is 23.2 Å². The number of guanidine groups is 1. The Morgan fingerprint density at radius 3 is 2.55 bits per heavy atom. The number of hydroxylamine groups is 1. The molecular weight excluding hydrogens is 456 g/mol. The summed E-state index contributed by atoms with van der Waals surface area (Å²) in [5.74, 6) is -3.62. The molecule has 1 heterocycles. The Bertz CT molecular complexity index is 1020. The highest BCUT2D eigenvalue weighted by atomic mass is 35.5. The van der Waals surface area contributed by atoms with Gasteiger partial charge >= 0.3 is 12.1 Å². The number of aromatic nitrogens is 2. The third-order valence-corrected chi connectivity index (χ3v) is 3.15. The summed E-state index contributed by atoms with van der Waals surface area (Å²) in [7, 11) is 0. The standard InChI is InChI=1S/C12H10ClFN8O2.C2HF3O2/c13-7-3-6(1-2-8(7)14)19-11(20-23)10-9(21-24-22-10)4-17-12(16)18-5-15;3-2(4,5)1(6)7/h1-3,23H,4H2,(H,19,20)(H3,16,17,18);(H,6,7). The number of nitrogens with one attached hydrogen (secondary N) is 2. The van der Waals surface area contributed by atoms with Crippen molar-refractivity contribution in [2.75, 3.05) is 0 Å². The number of carboxylic acids is 1. The van der Waals surface area contributed by atoms with Crippen LogP contribution in [0.5, 0.6) is 0 Å². The minimum Gasteiger partial charge on any atom is -0.475 e. The van der Waals surface area contributed by atoms with Crippen molar-refractivity contribution >= 4 is 35.1 Å². The highest BCUT2D eigenvalue weighted by Crippen LogP contribution is 2.22. The van der Waals surface area contributed by atoms with Crippen LogP contribution in [0, 0.1) is 17.3 Å². The Morgan fingerprint density at radius 1 is 1.39 bits per heavy atom. The summed E-state index contributed by atoms with van der Waals surface area (Å²) in [5, 5.41) is 34.0. The van der Waals surface area contributed by atoms with Gasteiger partial charge in [-0.05, 0) is 23.4 Å². The van der Waals surface area contributed by atoms with E-state index in [0.29, 0.717) is 0 Å². The molecule has 1 aromatic heterocycles. The lowest BCUT2D eigenvalue weighted by atomic mass is 10.3. The molecule has 12 nitrogen and oxygen atoms in total. The van der Waals surface area contributed by atoms with E-state index < -0.39 is 18.0 Å². The van der Waals surface area contributed by atoms with Crippen LogP contribution in [0.15, 0.2) is 32.8 Å². The van der Waals surface area contributed by atoms with Gasteiger partial charge in [-0.1, -0.05) is 16.8 Å². The molecule has 2 aromatic rings. The normalized spacial score (nSPS) is 11.8. The molecule has 166 valence electrons. The molecule has 0 fully saturated rings. The zero-order valence-corrected chi connectivity index (χ0v) is 15.6. The van der Waals surface area contributed by atoms with E-state index >= 15 is 0 Å². The molecule has 2 rings (SSSR count). The van der Waals surface area contributed by atoms with E-state index in [2.05, 4.69) is 30.2 Å². The lowest BCUT2D eigenvalue weighted by Crippen LogP contribution is -2.27. The third kappa shape index (κ3) is 8.12. The molecule has 6 N–H and O–H groups in total. The van der Waals surface area contributed by atoms with Gasteiger partial charge in [0.2, 0.25) is 5.96 Å². The quantitative estimate of drug-likeness (QED) is 0.110. The molecule has 0 aliphatic heterocycles. The van der Waals surface area contributed by atoms with Crippen molar-refractivity contribution in [2.45, 2.75) is 12.7 Å². The summed E-state index contributed by atoms with van der Waals surface area (Å²) < 4.78 is 49.5. The van der Waals surface area contributed by atoms with E-state index in [1.807, 2.05) is 5.48 Å². The summed E-state index contributed by atoms with van der Waals surface area (Å²) in [6.07, 6.45) is -3.48. The number of aliphatic carboxylic acids is 1. The molecule has 0 spiro atoms. The number of alkyl halides is 3. The second kappa shape index (κ2) is 11.3. The van der Waals surface area contributed by atoms with Crippen LogP contribution < -0.4 is 16.5 Å². The molecule has 0 bridgehead atoms. The van der Waals surface area contributed by atoms with E-state index in [4.69, 9.17) is 32.5 Å². The topological polar surface area (TPSA) is 195 Å². The predicted molar refractivity (Wildman–Crippen MR) is 94.6 cm³/mol. The number of hydrogen-bond acceptors (Lipinski definition) is 8. The van der Waals surface area contributed by atoms with E-state index in [1.54, 1.807) is 6.19 Å². The summed E-state index contributed by atoms with van der Waals surface area (Å²) >= 11 is 5.67. The van der Waals surface area contributed by atoms with Crippen molar-refractivity contribution in [2.24, 2.45) is 15.7 Å². The average Bonchev–Trinajstić information content (AvgIpc) is 3.15. The first-order chi connectivity index (χ1) is 14.5. The predicted octanol–water partition coefficient (Wildman–Crippen LogP) is 1.44. The maximum Gasteiger partial charge on any atom is 0.490 e. The lowest BCUT2D eigenvalue weighted by molar-refractivity contribution is -0.192. The summed E-state index contributed by atoms with van der Waals surface area (Å²) in [4.78, 5) is 16.8. The van der Waals surface area contributed by atoms with Crippen LogP contribution in [-0.2, 0) is 11.3 Å². The number of carbonyl (C=O) groups is 1. The number of aliphatic imine (C=N–C) groups is 2. The van der Waals surface area contributed by atoms with E-state index in [9.17, 15) is 22.8 Å². The second-order valence-corrected chi connectivity index (χ2v) is 5.38. The Hall–Kier alpha value is -3.97. The molecule has 0 saturated heterocycles. The van der Waals surface area contributed by atoms with Crippen LogP contribution in [-0.4, -0.2) is 44.6 Å². The van der Waals surface area contributed by atoms with Gasteiger partial charge in [-0.3, -0.25) is 16.0 Å². The Morgan fingerprint density at radius 2 is 2.03 bits per heavy atom. The Kier molecular flexibility index (Phi) is 9.12. The highest BCUT2D eigenvalue weighted by molar-refractivity contribution is 6.31. The summed E-state index contributed by atoms with van der Waals surface area (Å²) in [6.45, 7) is -0.0930. The minimum atomic E-state index is -5.08. The molecule has 0 aliphatic carbocycles. The minimum absolute atomic E-state index is 0.0476. The SMILES string of the molecule is N#CNC(N)=NCc1nonc1C(=Nc1ccc(F)c(Cl)c1)NO.O=C(O)C(F)(F)F. The molecule has 0 unspecified atom stereocenters. The van der Waals surface area contributed by atoms with E-state index in [0.717, 1.165) is 6.07 Å². The monoisotopic (exact) mass is 466 g/mol. The van der Waals surface area contributed by atoms with Gasteiger partial charge < -0.3 is 10.8 Å². The molecule has 0 radical (unpaired) electrons. The fourth-order valence-electron chi connectivity index (χ4n) is 1.56. The molecule has 0 aliphatic rings. The maximum absolute atomic E-state index is 13.2. The van der Waals surface area contributed by atoms with Gasteiger partial charge in [0.1, 0.15) is 11.5 Å². The van der Waals surface area contributed by atoms with Crippen molar-refractivity contribution in [1.82, 2.24) is 21.1 Å². The van der Waals surface area contributed by atoms with Gasteiger partial charge in [-0.25, -0.2) is 23.8 Å². The number of halogens is 5. The molecule has 0 amide bonds. The number of rotatable bonds is 4. The van der Waals surface area contributed by atoms with Crippen molar-refractivity contribution in [3.05, 3.63) is 40.4 Å². The lowest BCUT2D eigenvalue weighted by Gasteiger charge is -2.03. The molecule has 31 heavy (non-hydrogen) atoms. The molecule has 1 aromatic carbocycles. The molecule has 0 atom stereocenters. The third-order valence-electron chi connectivity index (χ3n) is 2.86. The zero-order valence-electron chi connectivity index (χ0n) is 14.9. The average molecular weight is 467 g/mol. The van der Waals surface area contributed by atoms with Gasteiger partial charge in [0, 0.05) is 0 Å². The second-order valence-electron chi connectivity index (χ2n) is 4.97. The number of nitriles is 1. The fraction of sp³-hybridized carbons (Fsp3) is 0.143. The fourth-order valence-corrected chi connectivity index (χ4v) is 1.74. The summed E-state index contributed by atoms with van der Waals surface area (Å²) in [5.41, 5.74) is 7.73. The molecular formula is C14H11ClF4N8O4. The van der Waals surface area contributed by atoms with Crippen LogP contribution in [0.2, 0.25) is 5.02 Å².